The van der Waals surface area contributed by atoms with Crippen molar-refractivity contribution < 1.29 is 115 Å². The second kappa shape index (κ2) is 16.6. The zero-order valence-corrected chi connectivity index (χ0v) is 23.6. The van der Waals surface area contributed by atoms with E-state index in [1.807, 2.05) is 0 Å². The van der Waals surface area contributed by atoms with Gasteiger partial charge in [-0.25, -0.2) is 0 Å². The molecule has 0 aliphatic heterocycles. The van der Waals surface area contributed by atoms with Crippen molar-refractivity contribution in [1.29, 1.82) is 0 Å². The van der Waals surface area contributed by atoms with E-state index in [9.17, 15) is 66.8 Å². The monoisotopic (exact) mass is 696 g/mol. The fourth-order valence-electron chi connectivity index (χ4n) is 2.24. The van der Waals surface area contributed by atoms with Gasteiger partial charge in [0.1, 0.15) is 10.0 Å². The maximum atomic E-state index is 12.5. The van der Waals surface area contributed by atoms with Gasteiger partial charge in [0.2, 0.25) is 0 Å². The molecule has 0 radical (unpaired) electrons. The van der Waals surface area contributed by atoms with Gasteiger partial charge in [-0.2, -0.15) is 26.3 Å². The first-order valence-corrected chi connectivity index (χ1v) is 9.07. The molecule has 0 heterocycles. The van der Waals surface area contributed by atoms with E-state index in [1.54, 1.807) is 0 Å². The largest absolute Gasteiger partial charge is 1.00 e. The van der Waals surface area contributed by atoms with Crippen LogP contribution in [0.15, 0.2) is 12.1 Å². The summed E-state index contributed by atoms with van der Waals surface area (Å²) < 4.78 is 74.9. The molecule has 0 aliphatic carbocycles. The van der Waals surface area contributed by atoms with Crippen LogP contribution < -0.4 is 63.8 Å². The van der Waals surface area contributed by atoms with Crippen LogP contribution in [0.1, 0.15) is 26.0 Å². The number of hydrogen-bond donors (Lipinski definition) is 1. The number of nitro groups is 4. The molecule has 220 valence electrons. The summed E-state index contributed by atoms with van der Waals surface area (Å²) in [7, 11) is 0. The molecule has 0 bridgehead atoms. The molecule has 0 amide bonds. The molecule has 0 unspecified atom stereocenters. The molecule has 24 heteroatoms. The summed E-state index contributed by atoms with van der Waals surface area (Å²) in [5, 5.41) is 47.3. The molecule has 40 heavy (non-hydrogen) atoms. The number of halogens is 10. The zero-order chi connectivity index (χ0) is 28.5. The van der Waals surface area contributed by atoms with Crippen molar-refractivity contribution in [3.8, 4) is 5.75 Å². The third-order valence-electron chi connectivity index (χ3n) is 3.72. The van der Waals surface area contributed by atoms with Crippen LogP contribution in [0.25, 0.3) is 0 Å². The van der Waals surface area contributed by atoms with Gasteiger partial charge in [-0.05, 0) is 0 Å². The first-order valence-electron chi connectivity index (χ1n) is 7.93. The molecule has 0 atom stereocenters. The van der Waals surface area contributed by atoms with Crippen LogP contribution in [0.2, 0.25) is 15.1 Å². The fraction of sp³-hybridized carbons (Fsp3) is 0.250. The van der Waals surface area contributed by atoms with E-state index in [1.165, 1.54) is 0 Å². The summed E-state index contributed by atoms with van der Waals surface area (Å²) in [5.74, 6) is -1.52. The first kappa shape index (κ1) is 45.2. The Bertz CT molecular complexity index is 1200. The first-order chi connectivity index (χ1) is 16.1. The van der Waals surface area contributed by atoms with Gasteiger partial charge in [-0.15, -0.1) is 0 Å². The molecule has 0 aromatic heterocycles. The Morgan fingerprint density at radius 1 is 0.625 bits per heavy atom. The van der Waals surface area contributed by atoms with Gasteiger partial charge in [0.05, 0.1) is 30.8 Å². The van der Waals surface area contributed by atoms with E-state index < -0.39 is 86.7 Å². The van der Waals surface area contributed by atoms with Crippen molar-refractivity contribution in [2.45, 2.75) is 27.2 Å². The molecule has 13 nitrogen and oxygen atoms in total. The maximum absolute atomic E-state index is 12.5. The molecule has 0 saturated heterocycles. The van der Waals surface area contributed by atoms with Crippen LogP contribution in [0, 0.1) is 40.5 Å². The third-order valence-corrected chi connectivity index (χ3v) is 4.86. The minimum absolute atomic E-state index is 0. The van der Waals surface area contributed by atoms with Gasteiger partial charge in [0.25, 0.3) is 11.4 Å². The number of nitro benzene ring substituents is 4. The zero-order valence-electron chi connectivity index (χ0n) is 17.4. The van der Waals surface area contributed by atoms with Crippen molar-refractivity contribution in [2.75, 3.05) is 0 Å². The van der Waals surface area contributed by atoms with E-state index in [0.717, 1.165) is 0 Å². The normalized spacial score (nSPS) is 10.2. The second-order valence-electron chi connectivity index (χ2n) is 5.90. The smallest absolute Gasteiger partial charge is 1.00 e. The molecule has 0 aliphatic rings. The summed E-state index contributed by atoms with van der Waals surface area (Å²) in [6, 6.07) is -0.0116. The van der Waals surface area contributed by atoms with Gasteiger partial charge in [-0.1, -0.05) is 49.7 Å². The Balaban J connectivity index is -0.000000295. The molecule has 0 fully saturated rings. The number of rotatable bonds is 4. The van der Waals surface area contributed by atoms with Crippen LogP contribution in [0.4, 0.5) is 49.1 Å². The molecule has 1 N–H and O–H groups in total. The van der Waals surface area contributed by atoms with Crippen LogP contribution in [0.3, 0.4) is 0 Å². The number of aromatic hydroxyl groups is 1. The van der Waals surface area contributed by atoms with Crippen LogP contribution in [-0.2, 0) is 12.4 Å². The van der Waals surface area contributed by atoms with Crippen molar-refractivity contribution >= 4 is 57.6 Å². The van der Waals surface area contributed by atoms with Crippen LogP contribution in [-0.4, -0.2) is 24.8 Å². The number of hydrogen-bond acceptors (Lipinski definition) is 9. The van der Waals surface area contributed by atoms with E-state index >= 15 is 0 Å². The quantitative estimate of drug-likeness (QED) is 0.215. The number of alkyl halides is 6. The summed E-state index contributed by atoms with van der Waals surface area (Å²) in [6.07, 6.45) is -10.2. The number of phenols is 1. The summed E-state index contributed by atoms with van der Waals surface area (Å²) in [4.78, 5) is 36.5. The van der Waals surface area contributed by atoms with Gasteiger partial charge < -0.3 is 17.5 Å². The second-order valence-corrected chi connectivity index (χ2v) is 7.03. The van der Waals surface area contributed by atoms with Gasteiger partial charge >= 0.3 is 80.8 Å². The standard InChI is InChI=1S/C7HCl2F3N2O4.C7H2ClF3N2O5.2CH4.ClH.K/c8-4-2(7(10,11)12)1-3(13(15)16)5(9)6(4)14(17)18;8-4-2(7(9,10)11)1-3(12(15)16)6(14)5(4)13(17)18;;;;/h1H;1,14H;2*1H4;1H;/q;;;;;+1/p-1. The average molecular weight is 698 g/mol. The Morgan fingerprint density at radius 3 is 1.20 bits per heavy atom. The predicted octanol–water partition coefficient (Wildman–Crippen LogP) is 1.99. The number of nitrogens with zero attached hydrogens (tertiary/aromatic N) is 4. The minimum Gasteiger partial charge on any atom is -1.00 e. The van der Waals surface area contributed by atoms with Gasteiger partial charge in [0, 0.05) is 12.1 Å². The maximum Gasteiger partial charge on any atom is 1.00 e. The summed E-state index contributed by atoms with van der Waals surface area (Å²) in [6.45, 7) is 0. The molecular formula is C16H11Cl4F6KN4O9. The fourth-order valence-corrected chi connectivity index (χ4v) is 3.22. The minimum atomic E-state index is -5.12. The van der Waals surface area contributed by atoms with E-state index in [-0.39, 0.29) is 90.8 Å². The van der Waals surface area contributed by atoms with Crippen molar-refractivity contribution in [1.82, 2.24) is 0 Å². The molecule has 2 aromatic rings. The van der Waals surface area contributed by atoms with Crippen molar-refractivity contribution in [3.05, 3.63) is 78.8 Å². The molecule has 2 aromatic carbocycles. The molecule has 0 spiro atoms. The van der Waals surface area contributed by atoms with Crippen LogP contribution in [0.5, 0.6) is 5.75 Å². The number of phenolic OH excluding ortho intramolecular Hbond substituents is 1. The van der Waals surface area contributed by atoms with Gasteiger partial charge in [-0.3, -0.25) is 40.5 Å². The van der Waals surface area contributed by atoms with Crippen molar-refractivity contribution in [2.24, 2.45) is 0 Å². The van der Waals surface area contributed by atoms with E-state index in [4.69, 9.17) is 39.9 Å². The summed E-state index contributed by atoms with van der Waals surface area (Å²) >= 11 is 15.6. The van der Waals surface area contributed by atoms with Crippen LogP contribution >= 0.6 is 34.8 Å². The Morgan fingerprint density at radius 2 is 0.925 bits per heavy atom. The SMILES string of the molecule is C.C.O=[N+]([O-])c1cc(C(F)(F)F)c(Cl)c([N+](=O)[O-])c1Cl.O=[N+]([O-])c1cc(C(F)(F)F)c(Cl)c([N+](=O)[O-])c1O.[Cl-].[K+]. The summed E-state index contributed by atoms with van der Waals surface area (Å²) in [5.41, 5.74) is -9.04. The van der Waals surface area contributed by atoms with E-state index in [0.29, 0.717) is 0 Å². The van der Waals surface area contributed by atoms with Crippen molar-refractivity contribution in [3.63, 3.8) is 0 Å². The molecule has 0 saturated carbocycles. The number of benzene rings is 2. The topological polar surface area (TPSA) is 193 Å². The Hall–Kier alpha value is -1.78. The molecular weight excluding hydrogens is 687 g/mol. The van der Waals surface area contributed by atoms with Gasteiger partial charge in [0.15, 0.2) is 5.02 Å². The molecule has 2 rings (SSSR count). The predicted molar refractivity (Wildman–Crippen MR) is 120 cm³/mol. The Labute approximate surface area is 281 Å². The third kappa shape index (κ3) is 10.2. The average Bonchev–Trinajstić information content (AvgIpc) is 2.65. The Kier molecular flexibility index (Phi) is 18.8. The van der Waals surface area contributed by atoms with E-state index in [2.05, 4.69) is 0 Å².